The van der Waals surface area contributed by atoms with Gasteiger partial charge in [0.2, 0.25) is 0 Å². The van der Waals surface area contributed by atoms with Crippen molar-refractivity contribution in [3.63, 3.8) is 0 Å². The molecule has 1 amide bonds. The molecule has 104 valence electrons. The van der Waals surface area contributed by atoms with E-state index in [1.807, 2.05) is 30.3 Å². The van der Waals surface area contributed by atoms with Gasteiger partial charge in [0.15, 0.2) is 0 Å². The largest absolute Gasteiger partial charge is 0.326 e. The highest BCUT2D eigenvalue weighted by atomic mass is 16.1. The maximum absolute atomic E-state index is 12.2. The van der Waals surface area contributed by atoms with Gasteiger partial charge in [0.1, 0.15) is 5.69 Å². The van der Waals surface area contributed by atoms with E-state index in [-0.39, 0.29) is 5.91 Å². The van der Waals surface area contributed by atoms with Crippen LogP contribution in [0.15, 0.2) is 42.6 Å². The Morgan fingerprint density at radius 1 is 1.25 bits per heavy atom. The first kappa shape index (κ1) is 14.2. The number of nitrogens with two attached hydrogens (primary N) is 1. The summed E-state index contributed by atoms with van der Waals surface area (Å²) >= 11 is 0. The standard InChI is InChI=1S/C16H19N3O/c1-11(2)13-5-3-4-6-14(13)19-16(20)15-8-7-12(9-17)10-18-15/h3-8,10-11H,9,17H2,1-2H3,(H,19,20). The Morgan fingerprint density at radius 2 is 2.00 bits per heavy atom. The van der Waals surface area contributed by atoms with Crippen molar-refractivity contribution in [2.75, 3.05) is 5.32 Å². The van der Waals surface area contributed by atoms with Crippen LogP contribution in [0, 0.1) is 0 Å². The molecule has 3 N–H and O–H groups in total. The number of amides is 1. The molecule has 2 aromatic rings. The van der Waals surface area contributed by atoms with Gasteiger partial charge in [0.25, 0.3) is 5.91 Å². The molecule has 20 heavy (non-hydrogen) atoms. The van der Waals surface area contributed by atoms with Crippen LogP contribution in [-0.4, -0.2) is 10.9 Å². The maximum Gasteiger partial charge on any atom is 0.274 e. The van der Waals surface area contributed by atoms with Crippen LogP contribution in [0.2, 0.25) is 0 Å². The van der Waals surface area contributed by atoms with Crippen LogP contribution < -0.4 is 11.1 Å². The maximum atomic E-state index is 12.2. The van der Waals surface area contributed by atoms with Gasteiger partial charge >= 0.3 is 0 Å². The number of rotatable bonds is 4. The fourth-order valence-corrected chi connectivity index (χ4v) is 1.98. The predicted molar refractivity (Wildman–Crippen MR) is 80.6 cm³/mol. The monoisotopic (exact) mass is 269 g/mol. The summed E-state index contributed by atoms with van der Waals surface area (Å²) in [5.74, 6) is 0.140. The molecule has 1 aromatic heterocycles. The van der Waals surface area contributed by atoms with Crippen molar-refractivity contribution in [1.29, 1.82) is 0 Å². The molecule has 4 nitrogen and oxygen atoms in total. The molecule has 1 heterocycles. The summed E-state index contributed by atoms with van der Waals surface area (Å²) in [7, 11) is 0. The number of anilines is 1. The molecule has 0 bridgehead atoms. The smallest absolute Gasteiger partial charge is 0.274 e. The lowest BCUT2D eigenvalue weighted by Crippen LogP contribution is -2.15. The number of nitrogens with one attached hydrogen (secondary N) is 1. The van der Waals surface area contributed by atoms with Crippen LogP contribution >= 0.6 is 0 Å². The molecule has 0 aliphatic rings. The Bertz CT molecular complexity index is 591. The summed E-state index contributed by atoms with van der Waals surface area (Å²) in [5, 5.41) is 2.91. The third-order valence-corrected chi connectivity index (χ3v) is 3.12. The number of aromatic nitrogens is 1. The number of hydrogen-bond acceptors (Lipinski definition) is 3. The molecule has 0 saturated heterocycles. The van der Waals surface area contributed by atoms with Crippen LogP contribution in [0.5, 0.6) is 0 Å². The number of hydrogen-bond donors (Lipinski definition) is 2. The highest BCUT2D eigenvalue weighted by Gasteiger charge is 2.11. The predicted octanol–water partition coefficient (Wildman–Crippen LogP) is 2.92. The summed E-state index contributed by atoms with van der Waals surface area (Å²) in [5.41, 5.74) is 8.75. The van der Waals surface area contributed by atoms with Gasteiger partial charge < -0.3 is 11.1 Å². The van der Waals surface area contributed by atoms with E-state index in [9.17, 15) is 4.79 Å². The molecule has 0 spiro atoms. The van der Waals surface area contributed by atoms with Crippen LogP contribution in [0.3, 0.4) is 0 Å². The average Bonchev–Trinajstić information content (AvgIpc) is 2.47. The SMILES string of the molecule is CC(C)c1ccccc1NC(=O)c1ccc(CN)cn1. The first-order valence-corrected chi connectivity index (χ1v) is 6.67. The van der Waals surface area contributed by atoms with Crippen molar-refractivity contribution < 1.29 is 4.79 Å². The Hall–Kier alpha value is -2.20. The van der Waals surface area contributed by atoms with E-state index in [1.54, 1.807) is 12.3 Å². The zero-order valence-electron chi connectivity index (χ0n) is 11.8. The summed E-state index contributed by atoms with van der Waals surface area (Å²) in [6.07, 6.45) is 1.63. The molecular weight excluding hydrogens is 250 g/mol. The molecule has 0 saturated carbocycles. The number of benzene rings is 1. The van der Waals surface area contributed by atoms with Gasteiger partial charge in [-0.3, -0.25) is 9.78 Å². The molecule has 0 radical (unpaired) electrons. The molecule has 0 aliphatic heterocycles. The molecule has 2 rings (SSSR count). The quantitative estimate of drug-likeness (QED) is 0.896. The first-order valence-electron chi connectivity index (χ1n) is 6.67. The average molecular weight is 269 g/mol. The second kappa shape index (κ2) is 6.30. The third-order valence-electron chi connectivity index (χ3n) is 3.12. The van der Waals surface area contributed by atoms with Crippen molar-refractivity contribution in [1.82, 2.24) is 4.98 Å². The van der Waals surface area contributed by atoms with Crippen LogP contribution in [0.25, 0.3) is 0 Å². The van der Waals surface area contributed by atoms with Gasteiger partial charge in [-0.1, -0.05) is 38.1 Å². The highest BCUT2D eigenvalue weighted by Crippen LogP contribution is 2.23. The lowest BCUT2D eigenvalue weighted by molar-refractivity contribution is 0.102. The minimum Gasteiger partial charge on any atom is -0.326 e. The van der Waals surface area contributed by atoms with Gasteiger partial charge in [-0.15, -0.1) is 0 Å². The molecule has 4 heteroatoms. The topological polar surface area (TPSA) is 68.0 Å². The van der Waals surface area contributed by atoms with E-state index in [0.29, 0.717) is 18.2 Å². The molecular formula is C16H19N3O. The highest BCUT2D eigenvalue weighted by molar-refractivity contribution is 6.03. The Balaban J connectivity index is 2.19. The Labute approximate surface area is 119 Å². The zero-order chi connectivity index (χ0) is 14.5. The normalized spacial score (nSPS) is 10.6. The van der Waals surface area contributed by atoms with Crippen molar-refractivity contribution in [3.05, 3.63) is 59.4 Å². The lowest BCUT2D eigenvalue weighted by Gasteiger charge is -2.13. The van der Waals surface area contributed by atoms with Crippen molar-refractivity contribution in [3.8, 4) is 0 Å². The van der Waals surface area contributed by atoms with Gasteiger partial charge in [0.05, 0.1) is 0 Å². The number of carbonyl (C=O) groups is 1. The number of nitrogens with zero attached hydrogens (tertiary/aromatic N) is 1. The molecule has 0 unspecified atom stereocenters. The van der Waals surface area contributed by atoms with Crippen molar-refractivity contribution in [2.45, 2.75) is 26.3 Å². The first-order chi connectivity index (χ1) is 9.61. The molecule has 1 aromatic carbocycles. The minimum absolute atomic E-state index is 0.207. The second-order valence-corrected chi connectivity index (χ2v) is 4.95. The number of carbonyl (C=O) groups excluding carboxylic acids is 1. The number of pyridine rings is 1. The van der Waals surface area contributed by atoms with E-state index in [2.05, 4.69) is 24.1 Å². The van der Waals surface area contributed by atoms with Gasteiger partial charge in [0, 0.05) is 18.4 Å². The van der Waals surface area contributed by atoms with Gasteiger partial charge in [-0.05, 0) is 29.2 Å². The van der Waals surface area contributed by atoms with Crippen molar-refractivity contribution in [2.24, 2.45) is 5.73 Å². The Kier molecular flexibility index (Phi) is 4.48. The summed E-state index contributed by atoms with van der Waals surface area (Å²) in [6, 6.07) is 11.3. The summed E-state index contributed by atoms with van der Waals surface area (Å²) in [4.78, 5) is 16.3. The third kappa shape index (κ3) is 3.22. The van der Waals surface area contributed by atoms with Crippen molar-refractivity contribution >= 4 is 11.6 Å². The van der Waals surface area contributed by atoms with E-state index in [1.165, 1.54) is 0 Å². The summed E-state index contributed by atoms with van der Waals surface area (Å²) in [6.45, 7) is 4.61. The fraction of sp³-hybridized carbons (Fsp3) is 0.250. The molecule has 0 aliphatic carbocycles. The van der Waals surface area contributed by atoms with Gasteiger partial charge in [-0.25, -0.2) is 0 Å². The molecule has 0 atom stereocenters. The van der Waals surface area contributed by atoms with E-state index >= 15 is 0 Å². The lowest BCUT2D eigenvalue weighted by atomic mass is 10.0. The second-order valence-electron chi connectivity index (χ2n) is 4.95. The van der Waals surface area contributed by atoms with E-state index in [0.717, 1.165) is 16.8 Å². The zero-order valence-corrected chi connectivity index (χ0v) is 11.8. The van der Waals surface area contributed by atoms with Crippen LogP contribution in [-0.2, 0) is 6.54 Å². The Morgan fingerprint density at radius 3 is 2.60 bits per heavy atom. The summed E-state index contributed by atoms with van der Waals surface area (Å²) < 4.78 is 0. The minimum atomic E-state index is -0.207. The van der Waals surface area contributed by atoms with Crippen LogP contribution in [0.4, 0.5) is 5.69 Å². The molecule has 0 fully saturated rings. The van der Waals surface area contributed by atoms with Crippen LogP contribution in [0.1, 0.15) is 41.4 Å². The van der Waals surface area contributed by atoms with E-state index < -0.39 is 0 Å². The fourth-order valence-electron chi connectivity index (χ4n) is 1.98. The van der Waals surface area contributed by atoms with Gasteiger partial charge in [-0.2, -0.15) is 0 Å². The van der Waals surface area contributed by atoms with E-state index in [4.69, 9.17) is 5.73 Å². The number of para-hydroxylation sites is 1.